The minimum Gasteiger partial charge on any atom is -0.321 e. The number of benzene rings is 2. The van der Waals surface area contributed by atoms with Crippen molar-refractivity contribution in [3.8, 4) is 0 Å². The smallest absolute Gasteiger partial charge is 0.256 e. The number of nitrogens with one attached hydrogen (secondary N) is 1. The van der Waals surface area contributed by atoms with E-state index in [-0.39, 0.29) is 5.91 Å². The first-order valence-corrected chi connectivity index (χ1v) is 8.65. The standard InChI is InChI=1S/C14H9Br2ClINO/c1-7-4-10(16)13(6-11(7)17)19-14(20)9-5-8(15)2-3-12(9)18/h2-6H,1H3,(H,19,20). The molecule has 0 spiro atoms. The van der Waals surface area contributed by atoms with E-state index in [0.717, 1.165) is 18.1 Å². The summed E-state index contributed by atoms with van der Waals surface area (Å²) >= 11 is 15.0. The van der Waals surface area contributed by atoms with Crippen LogP contribution >= 0.6 is 66.1 Å². The molecule has 0 aromatic heterocycles. The van der Waals surface area contributed by atoms with Crippen LogP contribution in [0.25, 0.3) is 0 Å². The zero-order valence-corrected chi connectivity index (χ0v) is 16.4. The first-order valence-electron chi connectivity index (χ1n) is 5.60. The second-order valence-corrected chi connectivity index (χ2v) is 7.50. The minimum absolute atomic E-state index is 0.170. The van der Waals surface area contributed by atoms with Gasteiger partial charge in [-0.2, -0.15) is 0 Å². The van der Waals surface area contributed by atoms with Crippen LogP contribution in [0.2, 0.25) is 5.02 Å². The average Bonchev–Trinajstić information content (AvgIpc) is 2.38. The van der Waals surface area contributed by atoms with Crippen molar-refractivity contribution >= 4 is 77.6 Å². The van der Waals surface area contributed by atoms with Gasteiger partial charge in [0, 0.05) is 17.5 Å². The van der Waals surface area contributed by atoms with Crippen molar-refractivity contribution in [1.82, 2.24) is 0 Å². The van der Waals surface area contributed by atoms with E-state index in [4.69, 9.17) is 11.6 Å². The maximum atomic E-state index is 12.3. The molecule has 0 fully saturated rings. The number of aryl methyl sites for hydroxylation is 1. The molecule has 0 radical (unpaired) electrons. The maximum absolute atomic E-state index is 12.3. The Balaban J connectivity index is 2.32. The fraction of sp³-hybridized carbons (Fsp3) is 0.0714. The Bertz CT molecular complexity index is 691. The van der Waals surface area contributed by atoms with Crippen LogP contribution in [0.5, 0.6) is 0 Å². The largest absolute Gasteiger partial charge is 0.321 e. The minimum atomic E-state index is -0.170. The Morgan fingerprint density at radius 3 is 2.65 bits per heavy atom. The number of rotatable bonds is 2. The Hall–Kier alpha value is -0.110. The lowest BCUT2D eigenvalue weighted by Gasteiger charge is -2.11. The van der Waals surface area contributed by atoms with Gasteiger partial charge in [0.25, 0.3) is 5.91 Å². The predicted octanol–water partition coefficient (Wildman–Crippen LogP) is 6.03. The second-order valence-electron chi connectivity index (χ2n) is 4.16. The highest BCUT2D eigenvalue weighted by Crippen LogP contribution is 2.30. The van der Waals surface area contributed by atoms with Crippen LogP contribution in [0.15, 0.2) is 39.3 Å². The number of carbonyl (C=O) groups excluding carboxylic acids is 1. The molecular formula is C14H9Br2ClINO. The van der Waals surface area contributed by atoms with Gasteiger partial charge >= 0.3 is 0 Å². The van der Waals surface area contributed by atoms with Crippen LogP contribution < -0.4 is 5.32 Å². The highest BCUT2D eigenvalue weighted by Gasteiger charge is 2.13. The van der Waals surface area contributed by atoms with Gasteiger partial charge in [-0.05, 0) is 81.3 Å². The summed E-state index contributed by atoms with van der Waals surface area (Å²) in [5.74, 6) is -0.170. The topological polar surface area (TPSA) is 29.1 Å². The zero-order valence-electron chi connectivity index (χ0n) is 10.3. The lowest BCUT2D eigenvalue weighted by atomic mass is 10.2. The molecule has 0 aliphatic rings. The molecule has 2 nitrogen and oxygen atoms in total. The lowest BCUT2D eigenvalue weighted by molar-refractivity contribution is 0.102. The van der Waals surface area contributed by atoms with Gasteiger partial charge in [-0.15, -0.1) is 0 Å². The third kappa shape index (κ3) is 3.75. The monoisotopic (exact) mass is 527 g/mol. The first kappa shape index (κ1) is 16.3. The number of carbonyl (C=O) groups is 1. The van der Waals surface area contributed by atoms with E-state index in [0.29, 0.717) is 16.3 Å². The van der Waals surface area contributed by atoms with E-state index in [1.165, 1.54) is 0 Å². The SMILES string of the molecule is Cc1cc(Br)c(NC(=O)c2cc(Br)ccc2I)cc1Cl. The molecule has 104 valence electrons. The summed E-state index contributed by atoms with van der Waals surface area (Å²) in [6.07, 6.45) is 0. The lowest BCUT2D eigenvalue weighted by Crippen LogP contribution is -2.14. The van der Waals surface area contributed by atoms with Crippen LogP contribution in [0, 0.1) is 10.5 Å². The molecule has 0 aliphatic carbocycles. The molecule has 2 aromatic carbocycles. The van der Waals surface area contributed by atoms with E-state index in [9.17, 15) is 4.79 Å². The van der Waals surface area contributed by atoms with E-state index in [1.54, 1.807) is 12.1 Å². The van der Waals surface area contributed by atoms with Crippen molar-refractivity contribution in [3.63, 3.8) is 0 Å². The van der Waals surface area contributed by atoms with E-state index in [1.807, 2.05) is 25.1 Å². The van der Waals surface area contributed by atoms with Crippen LogP contribution in [0.3, 0.4) is 0 Å². The van der Waals surface area contributed by atoms with Crippen LogP contribution in [-0.2, 0) is 0 Å². The molecule has 0 unspecified atom stereocenters. The number of hydrogen-bond donors (Lipinski definition) is 1. The van der Waals surface area contributed by atoms with Crippen LogP contribution in [0.1, 0.15) is 15.9 Å². The predicted molar refractivity (Wildman–Crippen MR) is 98.7 cm³/mol. The first-order chi connectivity index (χ1) is 9.38. The molecule has 2 rings (SSSR count). The van der Waals surface area contributed by atoms with Crippen molar-refractivity contribution in [2.45, 2.75) is 6.92 Å². The molecule has 0 atom stereocenters. The molecule has 0 aliphatic heterocycles. The zero-order chi connectivity index (χ0) is 14.9. The summed E-state index contributed by atoms with van der Waals surface area (Å²) in [5.41, 5.74) is 2.22. The van der Waals surface area contributed by atoms with Gasteiger partial charge < -0.3 is 5.32 Å². The van der Waals surface area contributed by atoms with Crippen molar-refractivity contribution in [3.05, 3.63) is 59.0 Å². The van der Waals surface area contributed by atoms with E-state index >= 15 is 0 Å². The van der Waals surface area contributed by atoms with Crippen molar-refractivity contribution in [1.29, 1.82) is 0 Å². The highest BCUT2D eigenvalue weighted by atomic mass is 127. The van der Waals surface area contributed by atoms with Gasteiger partial charge in [-0.25, -0.2) is 0 Å². The Morgan fingerprint density at radius 1 is 1.25 bits per heavy atom. The second kappa shape index (κ2) is 6.77. The van der Waals surface area contributed by atoms with Gasteiger partial charge in [0.15, 0.2) is 0 Å². The highest BCUT2D eigenvalue weighted by molar-refractivity contribution is 14.1. The molecular weight excluding hydrogens is 520 g/mol. The van der Waals surface area contributed by atoms with Gasteiger partial charge in [-0.3, -0.25) is 4.79 Å². The molecule has 6 heteroatoms. The van der Waals surface area contributed by atoms with E-state index in [2.05, 4.69) is 59.8 Å². The molecule has 0 heterocycles. The summed E-state index contributed by atoms with van der Waals surface area (Å²) in [6.45, 7) is 1.91. The van der Waals surface area contributed by atoms with Gasteiger partial charge in [0.05, 0.1) is 11.3 Å². The Labute approximate surface area is 152 Å². The fourth-order valence-electron chi connectivity index (χ4n) is 1.60. The van der Waals surface area contributed by atoms with Crippen molar-refractivity contribution in [2.24, 2.45) is 0 Å². The average molecular weight is 529 g/mol. The van der Waals surface area contributed by atoms with Crippen molar-refractivity contribution in [2.75, 3.05) is 5.32 Å². The summed E-state index contributed by atoms with van der Waals surface area (Å²) in [6, 6.07) is 9.20. The summed E-state index contributed by atoms with van der Waals surface area (Å²) < 4.78 is 2.56. The Morgan fingerprint density at radius 2 is 1.95 bits per heavy atom. The van der Waals surface area contributed by atoms with Gasteiger partial charge in [0.2, 0.25) is 0 Å². The fourth-order valence-corrected chi connectivity index (χ4v) is 3.27. The summed E-state index contributed by atoms with van der Waals surface area (Å²) in [5, 5.41) is 3.48. The maximum Gasteiger partial charge on any atom is 0.256 e. The number of amides is 1. The molecule has 0 saturated carbocycles. The molecule has 1 N–H and O–H groups in total. The van der Waals surface area contributed by atoms with Crippen LogP contribution in [-0.4, -0.2) is 5.91 Å². The van der Waals surface area contributed by atoms with Crippen molar-refractivity contribution < 1.29 is 4.79 Å². The Kier molecular flexibility index (Phi) is 5.50. The molecule has 0 bridgehead atoms. The molecule has 0 saturated heterocycles. The summed E-state index contributed by atoms with van der Waals surface area (Å²) in [7, 11) is 0. The molecule has 2 aromatic rings. The van der Waals surface area contributed by atoms with Crippen LogP contribution in [0.4, 0.5) is 5.69 Å². The summed E-state index contributed by atoms with van der Waals surface area (Å²) in [4.78, 5) is 12.3. The third-order valence-corrected chi connectivity index (χ3v) is 5.17. The third-order valence-electron chi connectivity index (χ3n) is 2.67. The molecule has 20 heavy (non-hydrogen) atoms. The quantitative estimate of drug-likeness (QED) is 0.473. The normalized spacial score (nSPS) is 10.4. The number of halogens is 4. The van der Waals surface area contributed by atoms with Gasteiger partial charge in [0.1, 0.15) is 0 Å². The molecule has 1 amide bonds. The number of anilines is 1. The number of hydrogen-bond acceptors (Lipinski definition) is 1. The van der Waals surface area contributed by atoms with E-state index < -0.39 is 0 Å². The van der Waals surface area contributed by atoms with Gasteiger partial charge in [-0.1, -0.05) is 27.5 Å².